The first-order valence-corrected chi connectivity index (χ1v) is 7.87. The van der Waals surface area contributed by atoms with Gasteiger partial charge < -0.3 is 5.11 Å². The fourth-order valence-corrected chi connectivity index (χ4v) is 2.64. The van der Waals surface area contributed by atoms with Crippen LogP contribution in [0.1, 0.15) is 10.4 Å². The first-order chi connectivity index (χ1) is 12.7. The molecular weight excluding hydrogens is 330 g/mol. The second-order valence-electron chi connectivity index (χ2n) is 5.52. The molecule has 0 radical (unpaired) electrons. The Balaban J connectivity index is 1.74. The molecule has 4 rings (SSSR count). The second-order valence-corrected chi connectivity index (χ2v) is 5.52. The zero-order chi connectivity index (χ0) is 17.9. The average Bonchev–Trinajstić information content (AvgIpc) is 3.19. The maximum atomic E-state index is 11.5. The molecule has 0 saturated heterocycles. The van der Waals surface area contributed by atoms with Crippen LogP contribution in [0.3, 0.4) is 0 Å². The third-order valence-electron chi connectivity index (χ3n) is 3.85. The van der Waals surface area contributed by atoms with Crippen LogP contribution in [-0.4, -0.2) is 36.3 Å². The Morgan fingerprint density at radius 1 is 0.962 bits per heavy atom. The number of benzene rings is 2. The number of pyridine rings is 1. The van der Waals surface area contributed by atoms with Gasteiger partial charge in [0.15, 0.2) is 0 Å². The summed E-state index contributed by atoms with van der Waals surface area (Å²) in [7, 11) is 0. The monoisotopic (exact) mass is 343 g/mol. The molecule has 7 nitrogen and oxygen atoms in total. The van der Waals surface area contributed by atoms with Crippen molar-refractivity contribution in [3.05, 3.63) is 78.5 Å². The van der Waals surface area contributed by atoms with Crippen LogP contribution in [-0.2, 0) is 0 Å². The van der Waals surface area contributed by atoms with Gasteiger partial charge in [-0.1, -0.05) is 36.4 Å². The zero-order valence-electron chi connectivity index (χ0n) is 13.5. The van der Waals surface area contributed by atoms with Crippen LogP contribution in [0.15, 0.2) is 72.9 Å². The number of aromatic carboxylic acids is 1. The molecule has 0 spiro atoms. The predicted molar refractivity (Wildman–Crippen MR) is 94.8 cm³/mol. The minimum absolute atomic E-state index is 0.241. The molecule has 0 atom stereocenters. The highest BCUT2D eigenvalue weighted by Gasteiger charge is 2.13. The lowest BCUT2D eigenvalue weighted by Gasteiger charge is -2.07. The van der Waals surface area contributed by atoms with E-state index in [4.69, 9.17) is 0 Å². The number of carboxylic acid groups (broad SMARTS) is 1. The van der Waals surface area contributed by atoms with Crippen molar-refractivity contribution < 1.29 is 9.90 Å². The largest absolute Gasteiger partial charge is 0.478 e. The number of hydrogen-bond acceptors (Lipinski definition) is 5. The van der Waals surface area contributed by atoms with Gasteiger partial charge >= 0.3 is 5.97 Å². The van der Waals surface area contributed by atoms with Gasteiger partial charge in [-0.25, -0.2) is 4.79 Å². The Hall–Kier alpha value is -3.87. The summed E-state index contributed by atoms with van der Waals surface area (Å²) in [5.74, 6) is -0.552. The normalized spacial score (nSPS) is 10.6. The Labute approximate surface area is 148 Å². The first-order valence-electron chi connectivity index (χ1n) is 7.87. The molecule has 7 heteroatoms. The van der Waals surface area contributed by atoms with Gasteiger partial charge in [0.25, 0.3) is 0 Å². The van der Waals surface area contributed by atoms with E-state index in [0.717, 1.165) is 5.56 Å². The number of carboxylic acids is 1. The van der Waals surface area contributed by atoms with Gasteiger partial charge in [0.2, 0.25) is 5.82 Å². The number of tetrazole rings is 1. The van der Waals surface area contributed by atoms with Crippen molar-refractivity contribution in [1.82, 2.24) is 25.2 Å². The molecule has 0 aliphatic carbocycles. The molecule has 26 heavy (non-hydrogen) atoms. The summed E-state index contributed by atoms with van der Waals surface area (Å²) in [5.41, 5.74) is 2.94. The van der Waals surface area contributed by atoms with E-state index < -0.39 is 5.97 Å². The van der Waals surface area contributed by atoms with E-state index in [0.29, 0.717) is 22.8 Å². The third-order valence-corrected chi connectivity index (χ3v) is 3.85. The molecule has 0 bridgehead atoms. The van der Waals surface area contributed by atoms with E-state index in [1.54, 1.807) is 36.5 Å². The van der Waals surface area contributed by atoms with Crippen LogP contribution in [0, 0.1) is 0 Å². The van der Waals surface area contributed by atoms with Gasteiger partial charge in [-0.15, -0.1) is 15.0 Å². The molecule has 0 aliphatic heterocycles. The van der Waals surface area contributed by atoms with Crippen molar-refractivity contribution in [2.75, 3.05) is 0 Å². The Morgan fingerprint density at radius 3 is 2.62 bits per heavy atom. The molecule has 2 heterocycles. The smallest absolute Gasteiger partial charge is 0.336 e. The fraction of sp³-hybridized carbons (Fsp3) is 0. The van der Waals surface area contributed by atoms with E-state index in [2.05, 4.69) is 20.4 Å². The second kappa shape index (κ2) is 6.56. The van der Waals surface area contributed by atoms with E-state index in [1.165, 1.54) is 4.80 Å². The van der Waals surface area contributed by atoms with Gasteiger partial charge in [0.1, 0.15) is 5.69 Å². The third kappa shape index (κ3) is 2.93. The van der Waals surface area contributed by atoms with Crippen LogP contribution < -0.4 is 0 Å². The quantitative estimate of drug-likeness (QED) is 0.612. The molecule has 0 amide bonds. The highest BCUT2D eigenvalue weighted by molar-refractivity contribution is 5.96. The van der Waals surface area contributed by atoms with Gasteiger partial charge in [0, 0.05) is 6.20 Å². The molecule has 4 aromatic rings. The molecule has 126 valence electrons. The van der Waals surface area contributed by atoms with Crippen LogP contribution in [0.5, 0.6) is 0 Å². The summed E-state index contributed by atoms with van der Waals surface area (Å²) in [4.78, 5) is 17.1. The Bertz CT molecular complexity index is 1080. The SMILES string of the molecule is O=C(O)c1ccccc1-c1cccc(-n2nnc(-c3ccccn3)n2)c1. The molecule has 0 aliphatic rings. The van der Waals surface area contributed by atoms with Crippen LogP contribution in [0.2, 0.25) is 0 Å². The van der Waals surface area contributed by atoms with Crippen molar-refractivity contribution in [2.24, 2.45) is 0 Å². The van der Waals surface area contributed by atoms with Gasteiger partial charge in [0.05, 0.1) is 11.3 Å². The van der Waals surface area contributed by atoms with E-state index >= 15 is 0 Å². The Kier molecular flexibility index (Phi) is 3.95. The summed E-state index contributed by atoms with van der Waals surface area (Å²) in [6.45, 7) is 0. The van der Waals surface area contributed by atoms with Crippen molar-refractivity contribution in [3.63, 3.8) is 0 Å². The van der Waals surface area contributed by atoms with Crippen molar-refractivity contribution >= 4 is 5.97 Å². The topological polar surface area (TPSA) is 93.8 Å². The summed E-state index contributed by atoms with van der Waals surface area (Å²) >= 11 is 0. The van der Waals surface area contributed by atoms with Gasteiger partial charge in [-0.2, -0.15) is 0 Å². The van der Waals surface area contributed by atoms with Crippen molar-refractivity contribution in [1.29, 1.82) is 0 Å². The summed E-state index contributed by atoms with van der Waals surface area (Å²) in [5, 5.41) is 21.9. The minimum atomic E-state index is -0.970. The molecule has 0 saturated carbocycles. The maximum Gasteiger partial charge on any atom is 0.336 e. The molecule has 1 N–H and O–H groups in total. The lowest BCUT2D eigenvalue weighted by Crippen LogP contribution is -2.01. The number of nitrogens with zero attached hydrogens (tertiary/aromatic N) is 5. The average molecular weight is 343 g/mol. The molecule has 2 aromatic heterocycles. The number of rotatable bonds is 4. The first kappa shape index (κ1) is 15.6. The van der Waals surface area contributed by atoms with E-state index in [1.807, 2.05) is 36.4 Å². The molecular formula is C19H13N5O2. The standard InChI is InChI=1S/C19H13N5O2/c25-19(26)16-9-2-1-8-15(16)13-6-5-7-14(12-13)24-22-18(21-23-24)17-10-3-4-11-20-17/h1-12H,(H,25,26). The highest BCUT2D eigenvalue weighted by atomic mass is 16.4. The number of carbonyl (C=O) groups is 1. The lowest BCUT2D eigenvalue weighted by atomic mass is 9.99. The maximum absolute atomic E-state index is 11.5. The minimum Gasteiger partial charge on any atom is -0.478 e. The number of aromatic nitrogens is 5. The van der Waals surface area contributed by atoms with Gasteiger partial charge in [-0.05, 0) is 46.7 Å². The van der Waals surface area contributed by atoms with E-state index in [9.17, 15) is 9.90 Å². The lowest BCUT2D eigenvalue weighted by molar-refractivity contribution is 0.0697. The van der Waals surface area contributed by atoms with Crippen LogP contribution >= 0.6 is 0 Å². The zero-order valence-corrected chi connectivity index (χ0v) is 13.5. The van der Waals surface area contributed by atoms with Crippen LogP contribution in [0.4, 0.5) is 0 Å². The summed E-state index contributed by atoms with van der Waals surface area (Å²) < 4.78 is 0. The van der Waals surface area contributed by atoms with Crippen molar-refractivity contribution in [2.45, 2.75) is 0 Å². The fourth-order valence-electron chi connectivity index (χ4n) is 2.64. The van der Waals surface area contributed by atoms with Crippen molar-refractivity contribution in [3.8, 4) is 28.3 Å². The Morgan fingerprint density at radius 2 is 1.81 bits per heavy atom. The van der Waals surface area contributed by atoms with Crippen LogP contribution in [0.25, 0.3) is 28.3 Å². The summed E-state index contributed by atoms with van der Waals surface area (Å²) in [6, 6.07) is 19.7. The highest BCUT2D eigenvalue weighted by Crippen LogP contribution is 2.25. The molecule has 2 aromatic carbocycles. The number of hydrogen-bond donors (Lipinski definition) is 1. The van der Waals surface area contributed by atoms with E-state index in [-0.39, 0.29) is 5.56 Å². The molecule has 0 fully saturated rings. The molecule has 0 unspecified atom stereocenters. The summed E-state index contributed by atoms with van der Waals surface area (Å²) in [6.07, 6.45) is 1.67. The van der Waals surface area contributed by atoms with Gasteiger partial charge in [-0.3, -0.25) is 4.98 Å². The predicted octanol–water partition coefficient (Wildman–Crippen LogP) is 3.09.